The van der Waals surface area contributed by atoms with Crippen molar-refractivity contribution in [1.29, 1.82) is 0 Å². The quantitative estimate of drug-likeness (QED) is 0.307. The predicted octanol–water partition coefficient (Wildman–Crippen LogP) is 5.38. The van der Waals surface area contributed by atoms with Gasteiger partial charge in [-0.15, -0.1) is 0 Å². The predicted molar refractivity (Wildman–Crippen MR) is 161 cm³/mol. The van der Waals surface area contributed by atoms with Crippen LogP contribution in [0, 0.1) is 0 Å². The van der Waals surface area contributed by atoms with Crippen molar-refractivity contribution < 1.29 is 22.7 Å². The molecular formula is C30H36BrN3O5S. The van der Waals surface area contributed by atoms with Gasteiger partial charge < -0.3 is 15.0 Å². The van der Waals surface area contributed by atoms with Crippen molar-refractivity contribution in [3.8, 4) is 5.75 Å². The average molecular weight is 631 g/mol. The highest BCUT2D eigenvalue weighted by Gasteiger charge is 2.33. The number of nitrogens with one attached hydrogen (secondary N) is 1. The fraction of sp³-hybridized carbons (Fsp3) is 0.333. The lowest BCUT2D eigenvalue weighted by atomic mass is 10.1. The van der Waals surface area contributed by atoms with E-state index in [0.717, 1.165) is 14.3 Å². The second-order valence-corrected chi connectivity index (χ2v) is 13.1. The van der Waals surface area contributed by atoms with Gasteiger partial charge in [0.15, 0.2) is 0 Å². The summed E-state index contributed by atoms with van der Waals surface area (Å²) >= 11 is 3.45. The second kappa shape index (κ2) is 13.3. The number of halogens is 1. The number of sulfonamides is 1. The van der Waals surface area contributed by atoms with Gasteiger partial charge in [0.1, 0.15) is 18.3 Å². The van der Waals surface area contributed by atoms with Crippen LogP contribution in [0.4, 0.5) is 5.69 Å². The number of anilines is 1. The largest absolute Gasteiger partial charge is 0.494 e. The van der Waals surface area contributed by atoms with Crippen molar-refractivity contribution in [3.05, 3.63) is 88.9 Å². The fourth-order valence-electron chi connectivity index (χ4n) is 4.01. The van der Waals surface area contributed by atoms with Gasteiger partial charge in [0.2, 0.25) is 11.8 Å². The number of amides is 2. The summed E-state index contributed by atoms with van der Waals surface area (Å²) in [6.45, 7) is 9.14. The SMILES string of the molecule is CCOc1ccc(N(CC(=O)N(Cc2cccc(Br)c2)[C@@H](C)C(=O)NC(C)(C)C)S(=O)(=O)c2ccccc2)cc1. The summed E-state index contributed by atoms with van der Waals surface area (Å²) in [6, 6.07) is 21.0. The van der Waals surface area contributed by atoms with Gasteiger partial charge in [0.25, 0.3) is 10.0 Å². The van der Waals surface area contributed by atoms with Crippen LogP contribution in [0.5, 0.6) is 5.75 Å². The summed E-state index contributed by atoms with van der Waals surface area (Å²) in [5.74, 6) is -0.280. The second-order valence-electron chi connectivity index (χ2n) is 10.3. The van der Waals surface area contributed by atoms with E-state index in [1.54, 1.807) is 49.4 Å². The number of rotatable bonds is 11. The van der Waals surface area contributed by atoms with Gasteiger partial charge in [-0.3, -0.25) is 13.9 Å². The van der Waals surface area contributed by atoms with Gasteiger partial charge in [0, 0.05) is 16.6 Å². The molecule has 0 aliphatic rings. The number of hydrogen-bond acceptors (Lipinski definition) is 5. The van der Waals surface area contributed by atoms with Crippen molar-refractivity contribution in [2.24, 2.45) is 0 Å². The van der Waals surface area contributed by atoms with Crippen LogP contribution < -0.4 is 14.4 Å². The molecule has 0 heterocycles. The molecule has 0 unspecified atom stereocenters. The molecule has 40 heavy (non-hydrogen) atoms. The molecule has 0 aliphatic carbocycles. The van der Waals surface area contributed by atoms with Crippen LogP contribution in [-0.2, 0) is 26.2 Å². The average Bonchev–Trinajstić information content (AvgIpc) is 2.90. The summed E-state index contributed by atoms with van der Waals surface area (Å²) in [7, 11) is -4.13. The molecule has 0 saturated carbocycles. The van der Waals surface area contributed by atoms with E-state index in [0.29, 0.717) is 18.0 Å². The van der Waals surface area contributed by atoms with E-state index < -0.39 is 34.1 Å². The van der Waals surface area contributed by atoms with E-state index in [4.69, 9.17) is 4.74 Å². The molecule has 0 radical (unpaired) electrons. The summed E-state index contributed by atoms with van der Waals surface area (Å²) < 4.78 is 35.1. The third-order valence-electron chi connectivity index (χ3n) is 5.95. The Morgan fingerprint density at radius 2 is 1.62 bits per heavy atom. The first-order valence-corrected chi connectivity index (χ1v) is 15.2. The zero-order valence-corrected chi connectivity index (χ0v) is 25.8. The van der Waals surface area contributed by atoms with Gasteiger partial charge in [-0.05, 0) is 88.7 Å². The molecule has 214 valence electrons. The molecule has 0 saturated heterocycles. The maximum Gasteiger partial charge on any atom is 0.264 e. The van der Waals surface area contributed by atoms with Crippen molar-refractivity contribution in [2.45, 2.75) is 57.6 Å². The summed E-state index contributed by atoms with van der Waals surface area (Å²) in [4.78, 5) is 28.6. The van der Waals surface area contributed by atoms with Crippen LogP contribution in [0.25, 0.3) is 0 Å². The molecule has 8 nitrogen and oxygen atoms in total. The van der Waals surface area contributed by atoms with Gasteiger partial charge >= 0.3 is 0 Å². The van der Waals surface area contributed by atoms with E-state index in [-0.39, 0.29) is 17.3 Å². The normalized spacial score (nSPS) is 12.3. The van der Waals surface area contributed by atoms with Gasteiger partial charge in [-0.25, -0.2) is 8.42 Å². The molecular weight excluding hydrogens is 594 g/mol. The molecule has 3 aromatic rings. The Balaban J connectivity index is 2.03. The highest BCUT2D eigenvalue weighted by molar-refractivity contribution is 9.10. The molecule has 2 amide bonds. The molecule has 1 atom stereocenters. The van der Waals surface area contributed by atoms with Crippen molar-refractivity contribution >= 4 is 43.5 Å². The van der Waals surface area contributed by atoms with E-state index in [9.17, 15) is 18.0 Å². The standard InChI is InChI=1S/C30H36BrN3O5S/c1-6-39-26-17-15-25(16-18-26)34(40(37,38)27-13-8-7-9-14-27)21-28(35)33(20-23-11-10-12-24(31)19-23)22(2)29(36)32-30(3,4)5/h7-19,22H,6,20-21H2,1-5H3,(H,32,36)/t22-/m0/s1. The lowest BCUT2D eigenvalue weighted by molar-refractivity contribution is -0.140. The fourth-order valence-corrected chi connectivity index (χ4v) is 5.89. The molecule has 10 heteroatoms. The first-order chi connectivity index (χ1) is 18.8. The summed E-state index contributed by atoms with van der Waals surface area (Å²) in [5, 5.41) is 2.92. The first-order valence-electron chi connectivity index (χ1n) is 13.0. The number of carbonyl (C=O) groups excluding carboxylic acids is 2. The van der Waals surface area contributed by atoms with E-state index in [1.165, 1.54) is 17.0 Å². The Bertz CT molecular complexity index is 1410. The van der Waals surface area contributed by atoms with Crippen LogP contribution in [0.1, 0.15) is 40.2 Å². The zero-order chi connectivity index (χ0) is 29.5. The Morgan fingerprint density at radius 1 is 0.975 bits per heavy atom. The Labute approximate surface area is 245 Å². The Kier molecular flexibility index (Phi) is 10.4. The summed E-state index contributed by atoms with van der Waals surface area (Å²) in [5.41, 5.74) is 0.576. The minimum Gasteiger partial charge on any atom is -0.494 e. The number of carbonyl (C=O) groups is 2. The molecule has 0 bridgehead atoms. The monoisotopic (exact) mass is 629 g/mol. The third kappa shape index (κ3) is 8.32. The van der Waals surface area contributed by atoms with Crippen LogP contribution in [-0.4, -0.2) is 49.9 Å². The maximum absolute atomic E-state index is 14.0. The summed E-state index contributed by atoms with van der Waals surface area (Å²) in [6.07, 6.45) is 0. The van der Waals surface area contributed by atoms with Gasteiger partial charge in [-0.1, -0.05) is 46.3 Å². The third-order valence-corrected chi connectivity index (χ3v) is 8.23. The topological polar surface area (TPSA) is 96.0 Å². The van der Waals surface area contributed by atoms with Crippen LogP contribution in [0.2, 0.25) is 0 Å². The van der Waals surface area contributed by atoms with Gasteiger partial charge in [0.05, 0.1) is 17.2 Å². The minimum absolute atomic E-state index is 0.0498. The van der Waals surface area contributed by atoms with Crippen LogP contribution >= 0.6 is 15.9 Å². The highest BCUT2D eigenvalue weighted by Crippen LogP contribution is 2.27. The van der Waals surface area contributed by atoms with E-state index in [1.807, 2.05) is 52.0 Å². The van der Waals surface area contributed by atoms with E-state index in [2.05, 4.69) is 21.2 Å². The molecule has 0 spiro atoms. The van der Waals surface area contributed by atoms with Crippen molar-refractivity contribution in [2.75, 3.05) is 17.5 Å². The first kappa shape index (κ1) is 31.2. The number of ether oxygens (including phenoxy) is 1. The van der Waals surface area contributed by atoms with Crippen LogP contribution in [0.15, 0.2) is 88.2 Å². The maximum atomic E-state index is 14.0. The number of hydrogen-bond donors (Lipinski definition) is 1. The van der Waals surface area contributed by atoms with Crippen molar-refractivity contribution in [1.82, 2.24) is 10.2 Å². The number of benzene rings is 3. The number of nitrogens with zero attached hydrogens (tertiary/aromatic N) is 2. The molecule has 0 fully saturated rings. The van der Waals surface area contributed by atoms with E-state index >= 15 is 0 Å². The van der Waals surface area contributed by atoms with Crippen molar-refractivity contribution in [3.63, 3.8) is 0 Å². The minimum atomic E-state index is -4.13. The zero-order valence-electron chi connectivity index (χ0n) is 23.4. The highest BCUT2D eigenvalue weighted by atomic mass is 79.9. The Hall–Kier alpha value is -3.37. The molecule has 3 rings (SSSR count). The molecule has 0 aromatic heterocycles. The lowest BCUT2D eigenvalue weighted by Crippen LogP contribution is -2.54. The smallest absolute Gasteiger partial charge is 0.264 e. The van der Waals surface area contributed by atoms with Crippen LogP contribution in [0.3, 0.4) is 0 Å². The molecule has 0 aliphatic heterocycles. The lowest BCUT2D eigenvalue weighted by Gasteiger charge is -2.33. The molecule has 3 aromatic carbocycles. The Morgan fingerprint density at radius 3 is 2.20 bits per heavy atom. The molecule has 1 N–H and O–H groups in total. The van der Waals surface area contributed by atoms with Gasteiger partial charge in [-0.2, -0.15) is 0 Å².